The third kappa shape index (κ3) is 3.13. The Bertz CT molecular complexity index is 550. The predicted molar refractivity (Wildman–Crippen MR) is 85.2 cm³/mol. The van der Waals surface area contributed by atoms with Crippen molar-refractivity contribution in [3.8, 4) is 0 Å². The zero-order chi connectivity index (χ0) is 15.0. The molecular formula is C18H25NO2. The first-order chi connectivity index (χ1) is 9.94. The molecule has 21 heavy (non-hydrogen) atoms. The molecule has 0 N–H and O–H groups in total. The molecule has 1 saturated heterocycles. The first-order valence-corrected chi connectivity index (χ1v) is 8.01. The van der Waals surface area contributed by atoms with Crippen LogP contribution in [0.5, 0.6) is 0 Å². The number of anilines is 1. The SMILES string of the molecule is CC(=O)c1ccc2c(c1)CCCN2CC1CCC(C)(C)O1. The van der Waals surface area contributed by atoms with Gasteiger partial charge in [-0.15, -0.1) is 0 Å². The van der Waals surface area contributed by atoms with Crippen molar-refractivity contribution in [3.05, 3.63) is 29.3 Å². The molecule has 0 spiro atoms. The molecule has 2 heterocycles. The van der Waals surface area contributed by atoms with Crippen molar-refractivity contribution < 1.29 is 9.53 Å². The van der Waals surface area contributed by atoms with Crippen molar-refractivity contribution in [1.29, 1.82) is 0 Å². The van der Waals surface area contributed by atoms with Gasteiger partial charge in [0, 0.05) is 24.3 Å². The van der Waals surface area contributed by atoms with E-state index in [2.05, 4.69) is 30.9 Å². The molecule has 1 atom stereocenters. The highest BCUT2D eigenvalue weighted by molar-refractivity contribution is 5.94. The van der Waals surface area contributed by atoms with E-state index in [9.17, 15) is 4.79 Å². The maximum Gasteiger partial charge on any atom is 0.159 e. The Kier molecular flexibility index (Phi) is 3.78. The number of hydrogen-bond acceptors (Lipinski definition) is 3. The van der Waals surface area contributed by atoms with Crippen LogP contribution in [0.25, 0.3) is 0 Å². The lowest BCUT2D eigenvalue weighted by molar-refractivity contribution is -0.0116. The van der Waals surface area contributed by atoms with Crippen LogP contribution in [0, 0.1) is 0 Å². The normalized spacial score (nSPS) is 24.0. The van der Waals surface area contributed by atoms with Crippen LogP contribution in [0.4, 0.5) is 5.69 Å². The standard InChI is InChI=1S/C18H25NO2/c1-13(20)14-6-7-17-15(11-14)5-4-10-19(17)12-16-8-9-18(2,3)21-16/h6-7,11,16H,4-5,8-10,12H2,1-3H3. The van der Waals surface area contributed by atoms with Gasteiger partial charge in [-0.25, -0.2) is 0 Å². The summed E-state index contributed by atoms with van der Waals surface area (Å²) in [5.74, 6) is 0.149. The van der Waals surface area contributed by atoms with Crippen molar-refractivity contribution >= 4 is 11.5 Å². The lowest BCUT2D eigenvalue weighted by Gasteiger charge is -2.34. The van der Waals surface area contributed by atoms with Gasteiger partial charge in [-0.3, -0.25) is 4.79 Å². The van der Waals surface area contributed by atoms with E-state index >= 15 is 0 Å². The third-order valence-corrected chi connectivity index (χ3v) is 4.68. The molecule has 1 unspecified atom stereocenters. The highest BCUT2D eigenvalue weighted by Gasteiger charge is 2.33. The second-order valence-electron chi connectivity index (χ2n) is 6.99. The fourth-order valence-electron chi connectivity index (χ4n) is 3.54. The van der Waals surface area contributed by atoms with Crippen LogP contribution in [-0.2, 0) is 11.2 Å². The molecule has 0 aliphatic carbocycles. The molecule has 3 nitrogen and oxygen atoms in total. The zero-order valence-electron chi connectivity index (χ0n) is 13.3. The van der Waals surface area contributed by atoms with E-state index in [4.69, 9.17) is 4.74 Å². The summed E-state index contributed by atoms with van der Waals surface area (Å²) < 4.78 is 6.13. The van der Waals surface area contributed by atoms with Crippen molar-refractivity contribution in [1.82, 2.24) is 0 Å². The Balaban J connectivity index is 1.76. The van der Waals surface area contributed by atoms with Gasteiger partial charge in [-0.1, -0.05) is 0 Å². The number of Topliss-reactive ketones (excluding diaryl/α,β-unsaturated/α-hetero) is 1. The first-order valence-electron chi connectivity index (χ1n) is 8.01. The molecule has 3 rings (SSSR count). The lowest BCUT2D eigenvalue weighted by atomic mass is 9.97. The van der Waals surface area contributed by atoms with Gasteiger partial charge >= 0.3 is 0 Å². The lowest BCUT2D eigenvalue weighted by Crippen LogP contribution is -2.37. The smallest absolute Gasteiger partial charge is 0.159 e. The monoisotopic (exact) mass is 287 g/mol. The summed E-state index contributed by atoms with van der Waals surface area (Å²) in [5, 5.41) is 0. The number of ether oxygens (including phenoxy) is 1. The minimum atomic E-state index is 0.0295. The molecule has 0 aromatic heterocycles. The van der Waals surface area contributed by atoms with E-state index in [1.807, 2.05) is 6.07 Å². The molecule has 1 fully saturated rings. The van der Waals surface area contributed by atoms with E-state index in [1.165, 1.54) is 11.3 Å². The van der Waals surface area contributed by atoms with Crippen LogP contribution in [0.3, 0.4) is 0 Å². The summed E-state index contributed by atoms with van der Waals surface area (Å²) in [6.07, 6.45) is 4.85. The largest absolute Gasteiger partial charge is 0.371 e. The zero-order valence-corrected chi connectivity index (χ0v) is 13.3. The number of nitrogens with zero attached hydrogens (tertiary/aromatic N) is 1. The van der Waals surface area contributed by atoms with Gasteiger partial charge in [0.1, 0.15) is 0 Å². The average Bonchev–Trinajstić information content (AvgIpc) is 2.77. The van der Waals surface area contributed by atoms with Crippen molar-refractivity contribution in [2.24, 2.45) is 0 Å². The number of fused-ring (bicyclic) bond motifs is 1. The second-order valence-corrected chi connectivity index (χ2v) is 6.99. The molecule has 114 valence electrons. The topological polar surface area (TPSA) is 29.5 Å². The number of rotatable bonds is 3. The highest BCUT2D eigenvalue weighted by atomic mass is 16.5. The average molecular weight is 287 g/mol. The number of ketones is 1. The second kappa shape index (κ2) is 5.45. The molecule has 3 heteroatoms. The quantitative estimate of drug-likeness (QED) is 0.796. The van der Waals surface area contributed by atoms with E-state index in [0.717, 1.165) is 44.3 Å². The maximum absolute atomic E-state index is 11.5. The van der Waals surface area contributed by atoms with Crippen molar-refractivity contribution in [2.45, 2.75) is 58.2 Å². The molecule has 1 aromatic carbocycles. The molecular weight excluding hydrogens is 262 g/mol. The summed E-state index contributed by atoms with van der Waals surface area (Å²) >= 11 is 0. The summed E-state index contributed by atoms with van der Waals surface area (Å²) in [6, 6.07) is 6.15. The van der Waals surface area contributed by atoms with Gasteiger partial charge < -0.3 is 9.64 Å². The van der Waals surface area contributed by atoms with E-state index in [1.54, 1.807) is 6.92 Å². The Morgan fingerprint density at radius 2 is 2.24 bits per heavy atom. The van der Waals surface area contributed by atoms with E-state index in [0.29, 0.717) is 6.10 Å². The number of carbonyl (C=O) groups excluding carboxylic acids is 1. The van der Waals surface area contributed by atoms with Crippen molar-refractivity contribution in [2.75, 3.05) is 18.0 Å². The van der Waals surface area contributed by atoms with Crippen LogP contribution in [0.2, 0.25) is 0 Å². The highest BCUT2D eigenvalue weighted by Crippen LogP contribution is 2.33. The minimum absolute atomic E-state index is 0.0295. The summed E-state index contributed by atoms with van der Waals surface area (Å²) in [6.45, 7) is 8.05. The summed E-state index contributed by atoms with van der Waals surface area (Å²) in [7, 11) is 0. The fraction of sp³-hybridized carbons (Fsp3) is 0.611. The Morgan fingerprint density at radius 1 is 1.43 bits per heavy atom. The van der Waals surface area contributed by atoms with Gasteiger partial charge in [-0.05, 0) is 70.2 Å². The maximum atomic E-state index is 11.5. The Morgan fingerprint density at radius 3 is 2.90 bits per heavy atom. The van der Waals surface area contributed by atoms with Crippen LogP contribution in [-0.4, -0.2) is 30.6 Å². The molecule has 2 aliphatic rings. The van der Waals surface area contributed by atoms with Crippen LogP contribution < -0.4 is 4.90 Å². The number of benzene rings is 1. The summed E-state index contributed by atoms with van der Waals surface area (Å²) in [5.41, 5.74) is 3.46. The Labute approximate surface area is 127 Å². The molecule has 0 radical (unpaired) electrons. The number of carbonyl (C=O) groups is 1. The number of aryl methyl sites for hydroxylation is 1. The van der Waals surface area contributed by atoms with Gasteiger partial charge in [0.2, 0.25) is 0 Å². The molecule has 1 aromatic rings. The van der Waals surface area contributed by atoms with E-state index < -0.39 is 0 Å². The molecule has 2 aliphatic heterocycles. The Hall–Kier alpha value is -1.35. The molecule has 0 bridgehead atoms. The first kappa shape index (κ1) is 14.6. The van der Waals surface area contributed by atoms with Crippen molar-refractivity contribution in [3.63, 3.8) is 0 Å². The van der Waals surface area contributed by atoms with Crippen LogP contribution >= 0.6 is 0 Å². The fourth-order valence-corrected chi connectivity index (χ4v) is 3.54. The van der Waals surface area contributed by atoms with Gasteiger partial charge in [0.25, 0.3) is 0 Å². The summed E-state index contributed by atoms with van der Waals surface area (Å²) in [4.78, 5) is 14.0. The third-order valence-electron chi connectivity index (χ3n) is 4.68. The minimum Gasteiger partial charge on any atom is -0.371 e. The molecule has 0 amide bonds. The van der Waals surface area contributed by atoms with Gasteiger partial charge in [-0.2, -0.15) is 0 Å². The number of hydrogen-bond donors (Lipinski definition) is 0. The van der Waals surface area contributed by atoms with Crippen LogP contribution in [0.15, 0.2) is 18.2 Å². The van der Waals surface area contributed by atoms with Gasteiger partial charge in [0.15, 0.2) is 5.78 Å². The predicted octanol–water partition coefficient (Wildman–Crippen LogP) is 3.60. The van der Waals surface area contributed by atoms with E-state index in [-0.39, 0.29) is 11.4 Å². The van der Waals surface area contributed by atoms with Gasteiger partial charge in [0.05, 0.1) is 11.7 Å². The molecule has 0 saturated carbocycles. The van der Waals surface area contributed by atoms with Crippen LogP contribution in [0.1, 0.15) is 56.0 Å².